The Balaban J connectivity index is 1.94. The van der Waals surface area contributed by atoms with Crippen LogP contribution in [0.25, 0.3) is 0 Å². The number of hydrogen-bond acceptors (Lipinski definition) is 2. The number of benzene rings is 2. The Labute approximate surface area is 115 Å². The van der Waals surface area contributed by atoms with Gasteiger partial charge in [-0.2, -0.15) is 0 Å². The lowest BCUT2D eigenvalue weighted by Gasteiger charge is -2.30. The minimum atomic E-state index is -0.456. The van der Waals surface area contributed by atoms with Crippen LogP contribution >= 0.6 is 0 Å². The average molecular weight is 273 g/mol. The van der Waals surface area contributed by atoms with E-state index in [4.69, 9.17) is 0 Å². The van der Waals surface area contributed by atoms with Crippen molar-refractivity contribution in [3.63, 3.8) is 0 Å². The molecule has 1 heterocycles. The zero-order valence-electron chi connectivity index (χ0n) is 10.8. The smallest absolute Gasteiger partial charge is 0.166 e. The topological polar surface area (TPSA) is 20.3 Å². The predicted octanol–water partition coefficient (Wildman–Crippen LogP) is 3.56. The fraction of sp³-hybridized carbons (Fsp3) is 0.188. The number of hydrogen-bond donors (Lipinski definition) is 0. The molecule has 0 aromatic heterocycles. The minimum absolute atomic E-state index is 0.0940. The molecule has 2 nitrogen and oxygen atoms in total. The average Bonchev–Trinajstić information content (AvgIpc) is 2.46. The van der Waals surface area contributed by atoms with E-state index < -0.39 is 11.6 Å². The fourth-order valence-corrected chi connectivity index (χ4v) is 2.51. The van der Waals surface area contributed by atoms with Gasteiger partial charge in [0.05, 0.1) is 0 Å². The maximum atomic E-state index is 13.7. The van der Waals surface area contributed by atoms with E-state index in [2.05, 4.69) is 0 Å². The summed E-state index contributed by atoms with van der Waals surface area (Å²) in [6.45, 7) is 0.777. The summed E-state index contributed by atoms with van der Waals surface area (Å²) in [5.41, 5.74) is 1.73. The van der Waals surface area contributed by atoms with Gasteiger partial charge in [0.2, 0.25) is 0 Å². The number of fused-ring (bicyclic) bond motifs is 1. The quantitative estimate of drug-likeness (QED) is 0.834. The van der Waals surface area contributed by atoms with Crippen molar-refractivity contribution in [3.05, 3.63) is 65.2 Å². The van der Waals surface area contributed by atoms with Gasteiger partial charge in [-0.3, -0.25) is 4.79 Å². The lowest BCUT2D eigenvalue weighted by molar-refractivity contribution is 0.0979. The standard InChI is InChI=1S/C16H13F2NO/c17-12-5-6-14(18)11(9-12)10-19-8-7-16(20)13-3-1-2-4-15(13)19/h1-6,9H,7-8,10H2. The van der Waals surface area contributed by atoms with Gasteiger partial charge in [0.1, 0.15) is 11.6 Å². The Kier molecular flexibility index (Phi) is 3.22. The van der Waals surface area contributed by atoms with Gasteiger partial charge in [-0.15, -0.1) is 0 Å². The van der Waals surface area contributed by atoms with Crippen molar-refractivity contribution in [2.75, 3.05) is 11.4 Å². The number of Topliss-reactive ketones (excluding diaryl/α,β-unsaturated/α-hetero) is 1. The molecule has 1 aliphatic rings. The first-order chi connectivity index (χ1) is 9.65. The van der Waals surface area contributed by atoms with Crippen LogP contribution in [-0.2, 0) is 6.54 Å². The summed E-state index contributed by atoms with van der Waals surface area (Å²) in [4.78, 5) is 13.8. The molecule has 0 saturated carbocycles. The zero-order valence-corrected chi connectivity index (χ0v) is 10.8. The van der Waals surface area contributed by atoms with Crippen molar-refractivity contribution in [2.45, 2.75) is 13.0 Å². The van der Waals surface area contributed by atoms with Crippen molar-refractivity contribution in [1.82, 2.24) is 0 Å². The van der Waals surface area contributed by atoms with E-state index in [1.807, 2.05) is 23.1 Å². The first kappa shape index (κ1) is 12.8. The van der Waals surface area contributed by atoms with Gasteiger partial charge in [-0.25, -0.2) is 8.78 Å². The normalized spacial score (nSPS) is 14.3. The van der Waals surface area contributed by atoms with E-state index in [1.54, 1.807) is 6.07 Å². The van der Waals surface area contributed by atoms with Gasteiger partial charge in [0.25, 0.3) is 0 Å². The molecule has 1 aliphatic heterocycles. The minimum Gasteiger partial charge on any atom is -0.366 e. The van der Waals surface area contributed by atoms with Crippen LogP contribution in [0.2, 0.25) is 0 Å². The molecule has 0 aliphatic carbocycles. The molecule has 3 rings (SSSR count). The Bertz CT molecular complexity index is 669. The molecular weight excluding hydrogens is 260 g/mol. The van der Waals surface area contributed by atoms with E-state index >= 15 is 0 Å². The molecule has 0 N–H and O–H groups in total. The summed E-state index contributed by atoms with van der Waals surface area (Å²) in [7, 11) is 0. The Morgan fingerprint density at radius 3 is 2.75 bits per heavy atom. The SMILES string of the molecule is O=C1CCN(Cc2cc(F)ccc2F)c2ccccc21. The third-order valence-corrected chi connectivity index (χ3v) is 3.52. The van der Waals surface area contributed by atoms with Crippen molar-refractivity contribution in [1.29, 1.82) is 0 Å². The van der Waals surface area contributed by atoms with Crippen LogP contribution in [0.5, 0.6) is 0 Å². The molecule has 0 radical (unpaired) electrons. The number of carbonyl (C=O) groups is 1. The summed E-state index contributed by atoms with van der Waals surface area (Å²) >= 11 is 0. The molecule has 0 bridgehead atoms. The lowest BCUT2D eigenvalue weighted by Crippen LogP contribution is -2.31. The molecule has 102 valence electrons. The number of rotatable bonds is 2. The van der Waals surface area contributed by atoms with Gasteiger partial charge in [-0.1, -0.05) is 12.1 Å². The van der Waals surface area contributed by atoms with Crippen LogP contribution in [-0.4, -0.2) is 12.3 Å². The lowest BCUT2D eigenvalue weighted by atomic mass is 10.00. The molecule has 4 heteroatoms. The van der Waals surface area contributed by atoms with Gasteiger partial charge >= 0.3 is 0 Å². The summed E-state index contributed by atoms with van der Waals surface area (Å²) in [5, 5.41) is 0. The number of ketones is 1. The number of halogens is 2. The number of nitrogens with zero attached hydrogens (tertiary/aromatic N) is 1. The van der Waals surface area contributed by atoms with Crippen LogP contribution in [0.15, 0.2) is 42.5 Å². The van der Waals surface area contributed by atoms with Gasteiger partial charge < -0.3 is 4.90 Å². The molecule has 0 atom stereocenters. The van der Waals surface area contributed by atoms with Gasteiger partial charge in [0.15, 0.2) is 5.78 Å². The van der Waals surface area contributed by atoms with E-state index in [1.165, 1.54) is 6.07 Å². The van der Waals surface area contributed by atoms with Crippen LogP contribution in [0.3, 0.4) is 0 Å². The third-order valence-electron chi connectivity index (χ3n) is 3.52. The molecule has 2 aromatic carbocycles. The highest BCUT2D eigenvalue weighted by Gasteiger charge is 2.23. The van der Waals surface area contributed by atoms with Crippen molar-refractivity contribution in [2.24, 2.45) is 0 Å². The first-order valence-electron chi connectivity index (χ1n) is 6.46. The van der Waals surface area contributed by atoms with Crippen molar-refractivity contribution in [3.8, 4) is 0 Å². The van der Waals surface area contributed by atoms with Crippen LogP contribution in [0.4, 0.5) is 14.5 Å². The maximum Gasteiger partial charge on any atom is 0.166 e. The summed E-state index contributed by atoms with van der Waals surface area (Å²) in [5.74, 6) is -0.792. The van der Waals surface area contributed by atoms with Crippen LogP contribution in [0, 0.1) is 11.6 Å². The van der Waals surface area contributed by atoms with Gasteiger partial charge in [0, 0.05) is 36.3 Å². The number of para-hydroxylation sites is 1. The van der Waals surface area contributed by atoms with E-state index in [0.717, 1.165) is 17.8 Å². The highest BCUT2D eigenvalue weighted by molar-refractivity contribution is 6.03. The second-order valence-corrected chi connectivity index (χ2v) is 4.85. The number of carbonyl (C=O) groups excluding carboxylic acids is 1. The second kappa shape index (κ2) is 5.04. The molecular formula is C16H13F2NO. The van der Waals surface area contributed by atoms with Gasteiger partial charge in [-0.05, 0) is 30.3 Å². The highest BCUT2D eigenvalue weighted by atomic mass is 19.1. The maximum absolute atomic E-state index is 13.7. The van der Waals surface area contributed by atoms with Crippen molar-refractivity contribution >= 4 is 11.5 Å². The van der Waals surface area contributed by atoms with Crippen molar-refractivity contribution < 1.29 is 13.6 Å². The zero-order chi connectivity index (χ0) is 14.1. The predicted molar refractivity (Wildman–Crippen MR) is 72.8 cm³/mol. The number of anilines is 1. The van der Waals surface area contributed by atoms with E-state index in [0.29, 0.717) is 24.1 Å². The molecule has 0 fully saturated rings. The molecule has 2 aromatic rings. The summed E-state index contributed by atoms with van der Waals surface area (Å²) < 4.78 is 26.9. The highest BCUT2D eigenvalue weighted by Crippen LogP contribution is 2.28. The molecule has 0 saturated heterocycles. The molecule has 0 amide bonds. The summed E-state index contributed by atoms with van der Waals surface area (Å²) in [6.07, 6.45) is 0.397. The fourth-order valence-electron chi connectivity index (χ4n) is 2.51. The Morgan fingerprint density at radius 1 is 1.10 bits per heavy atom. The first-order valence-corrected chi connectivity index (χ1v) is 6.46. The molecule has 0 unspecified atom stereocenters. The third kappa shape index (κ3) is 2.29. The Morgan fingerprint density at radius 2 is 1.90 bits per heavy atom. The van der Waals surface area contributed by atoms with Crippen LogP contribution < -0.4 is 4.90 Å². The second-order valence-electron chi connectivity index (χ2n) is 4.85. The van der Waals surface area contributed by atoms with Crippen LogP contribution in [0.1, 0.15) is 22.3 Å². The largest absolute Gasteiger partial charge is 0.366 e. The molecule has 20 heavy (non-hydrogen) atoms. The van der Waals surface area contributed by atoms with E-state index in [9.17, 15) is 13.6 Å². The molecule has 0 spiro atoms. The Hall–Kier alpha value is -2.23. The summed E-state index contributed by atoms with van der Waals surface area (Å²) in [6, 6.07) is 10.7. The van der Waals surface area contributed by atoms with E-state index in [-0.39, 0.29) is 12.3 Å². The monoisotopic (exact) mass is 273 g/mol.